The van der Waals surface area contributed by atoms with E-state index < -0.39 is 0 Å². The van der Waals surface area contributed by atoms with E-state index in [1.54, 1.807) is 6.20 Å². The topological polar surface area (TPSA) is 47.4 Å². The summed E-state index contributed by atoms with van der Waals surface area (Å²) < 4.78 is 7.81. The number of carbonyl (C=O) groups excluding carboxylic acids is 1. The summed E-state index contributed by atoms with van der Waals surface area (Å²) in [5.74, 6) is 0.249. The van der Waals surface area contributed by atoms with Crippen LogP contribution in [0.3, 0.4) is 0 Å². The van der Waals surface area contributed by atoms with Gasteiger partial charge in [-0.25, -0.2) is 4.68 Å². The van der Waals surface area contributed by atoms with Crippen LogP contribution in [0.15, 0.2) is 42.7 Å². The molecule has 0 saturated carbocycles. The summed E-state index contributed by atoms with van der Waals surface area (Å²) in [5.41, 5.74) is 2.15. The molecule has 1 amide bonds. The largest absolute Gasteiger partial charge is 0.375 e. The van der Waals surface area contributed by atoms with Crippen molar-refractivity contribution in [2.24, 2.45) is 0 Å². The van der Waals surface area contributed by atoms with Gasteiger partial charge in [0.25, 0.3) is 0 Å². The molecule has 5 heteroatoms. The molecule has 0 aliphatic carbocycles. The lowest BCUT2D eigenvalue weighted by Crippen LogP contribution is -2.32. The van der Waals surface area contributed by atoms with Crippen molar-refractivity contribution in [2.45, 2.75) is 44.2 Å². The molecule has 3 heterocycles. The summed E-state index contributed by atoms with van der Waals surface area (Å²) >= 11 is 0. The Balaban J connectivity index is 1.43. The number of carbonyl (C=O) groups is 1. The third-order valence-electron chi connectivity index (χ3n) is 5.25. The van der Waals surface area contributed by atoms with Crippen LogP contribution in [0.1, 0.15) is 37.7 Å². The van der Waals surface area contributed by atoms with Crippen LogP contribution in [0.2, 0.25) is 0 Å². The van der Waals surface area contributed by atoms with E-state index in [1.807, 2.05) is 34.0 Å². The van der Waals surface area contributed by atoms with Gasteiger partial charge in [-0.05, 0) is 49.4 Å². The minimum atomic E-state index is -0.0334. The number of ether oxygens (including phenoxy) is 1. The highest BCUT2D eigenvalue weighted by molar-refractivity contribution is 5.76. The number of benzene rings is 1. The Kier molecular flexibility index (Phi) is 4.10. The lowest BCUT2D eigenvalue weighted by molar-refractivity contribution is -0.131. The highest BCUT2D eigenvalue weighted by Crippen LogP contribution is 2.36. The number of nitrogens with zero attached hydrogens (tertiary/aromatic N) is 3. The maximum atomic E-state index is 12.5. The fraction of sp³-hybridized carbons (Fsp3) is 0.474. The van der Waals surface area contributed by atoms with Gasteiger partial charge in [0.15, 0.2) is 0 Å². The van der Waals surface area contributed by atoms with Gasteiger partial charge in [0.1, 0.15) is 0 Å². The maximum absolute atomic E-state index is 12.5. The second kappa shape index (κ2) is 6.40. The van der Waals surface area contributed by atoms with Gasteiger partial charge >= 0.3 is 0 Å². The molecule has 0 N–H and O–H groups in total. The average Bonchev–Trinajstić information content (AvgIpc) is 3.27. The third kappa shape index (κ3) is 3.08. The van der Waals surface area contributed by atoms with Crippen molar-refractivity contribution in [1.29, 1.82) is 0 Å². The monoisotopic (exact) mass is 325 g/mol. The second-order valence-electron chi connectivity index (χ2n) is 6.82. The summed E-state index contributed by atoms with van der Waals surface area (Å²) in [6, 6.07) is 10.2. The number of hydrogen-bond acceptors (Lipinski definition) is 3. The Morgan fingerprint density at radius 3 is 2.75 bits per heavy atom. The van der Waals surface area contributed by atoms with Crippen LogP contribution in [0.4, 0.5) is 0 Å². The minimum absolute atomic E-state index is 0.0334. The zero-order valence-electron chi connectivity index (χ0n) is 13.9. The maximum Gasteiger partial charge on any atom is 0.222 e. The molecular weight excluding hydrogens is 302 g/mol. The van der Waals surface area contributed by atoms with E-state index >= 15 is 0 Å². The van der Waals surface area contributed by atoms with E-state index in [2.05, 4.69) is 17.2 Å². The van der Waals surface area contributed by atoms with Crippen molar-refractivity contribution in [3.05, 3.63) is 48.3 Å². The van der Waals surface area contributed by atoms with E-state index in [4.69, 9.17) is 4.74 Å². The second-order valence-corrected chi connectivity index (χ2v) is 6.82. The average molecular weight is 325 g/mol. The van der Waals surface area contributed by atoms with Crippen LogP contribution in [-0.2, 0) is 16.1 Å². The molecule has 126 valence electrons. The van der Waals surface area contributed by atoms with Crippen molar-refractivity contribution in [3.63, 3.8) is 0 Å². The molecule has 1 atom stereocenters. The lowest BCUT2D eigenvalue weighted by Gasteiger charge is -2.26. The Morgan fingerprint density at radius 1 is 1.17 bits per heavy atom. The molecule has 2 aromatic rings. The molecule has 0 radical (unpaired) electrons. The first-order valence-electron chi connectivity index (χ1n) is 8.75. The van der Waals surface area contributed by atoms with Gasteiger partial charge in [-0.2, -0.15) is 5.10 Å². The predicted molar refractivity (Wildman–Crippen MR) is 90.7 cm³/mol. The molecule has 0 unspecified atom stereocenters. The molecule has 2 fully saturated rings. The molecule has 2 saturated heterocycles. The first-order valence-corrected chi connectivity index (χ1v) is 8.75. The molecule has 5 nitrogen and oxygen atoms in total. The summed E-state index contributed by atoms with van der Waals surface area (Å²) in [6.45, 7) is 2.32. The number of rotatable bonds is 3. The quantitative estimate of drug-likeness (QED) is 0.872. The highest BCUT2D eigenvalue weighted by atomic mass is 16.5. The summed E-state index contributed by atoms with van der Waals surface area (Å²) in [4.78, 5) is 14.5. The molecule has 2 aliphatic rings. The van der Waals surface area contributed by atoms with Crippen molar-refractivity contribution < 1.29 is 9.53 Å². The minimum Gasteiger partial charge on any atom is -0.375 e. The Bertz CT molecular complexity index is 688. The van der Waals surface area contributed by atoms with Crippen molar-refractivity contribution in [2.75, 3.05) is 13.2 Å². The highest BCUT2D eigenvalue weighted by Gasteiger charge is 2.38. The van der Waals surface area contributed by atoms with Crippen LogP contribution >= 0.6 is 0 Å². The van der Waals surface area contributed by atoms with E-state index in [1.165, 1.54) is 0 Å². The fourth-order valence-corrected chi connectivity index (χ4v) is 3.79. The van der Waals surface area contributed by atoms with Crippen LogP contribution in [0.25, 0.3) is 5.69 Å². The first-order chi connectivity index (χ1) is 11.7. The molecular formula is C19H23N3O2. The lowest BCUT2D eigenvalue weighted by atomic mass is 9.92. The van der Waals surface area contributed by atoms with Gasteiger partial charge < -0.3 is 9.64 Å². The Labute approximate surface area is 142 Å². The van der Waals surface area contributed by atoms with Crippen molar-refractivity contribution >= 4 is 5.91 Å². The number of amides is 1. The Hall–Kier alpha value is -2.14. The van der Waals surface area contributed by atoms with E-state index in [0.717, 1.165) is 50.1 Å². The van der Waals surface area contributed by atoms with E-state index in [0.29, 0.717) is 13.0 Å². The number of aromatic nitrogens is 2. The van der Waals surface area contributed by atoms with Crippen molar-refractivity contribution in [1.82, 2.24) is 14.7 Å². The van der Waals surface area contributed by atoms with Crippen LogP contribution in [0, 0.1) is 0 Å². The summed E-state index contributed by atoms with van der Waals surface area (Å²) in [6.07, 6.45) is 8.37. The molecule has 1 spiro atoms. The smallest absolute Gasteiger partial charge is 0.222 e. The molecule has 4 rings (SSSR count). The third-order valence-corrected chi connectivity index (χ3v) is 5.25. The molecule has 24 heavy (non-hydrogen) atoms. The van der Waals surface area contributed by atoms with E-state index in [-0.39, 0.29) is 11.5 Å². The Morgan fingerprint density at radius 2 is 2.04 bits per heavy atom. The SMILES string of the molecule is O=C1CC[C@@]2(CCCO2)CCN1Cc1ccc(-n2cccn2)cc1. The van der Waals surface area contributed by atoms with Gasteiger partial charge in [0, 0.05) is 38.5 Å². The van der Waals surface area contributed by atoms with Crippen molar-refractivity contribution in [3.8, 4) is 5.69 Å². The van der Waals surface area contributed by atoms with Gasteiger partial charge in [0.2, 0.25) is 5.91 Å². The van der Waals surface area contributed by atoms with Crippen LogP contribution in [0.5, 0.6) is 0 Å². The molecule has 2 aliphatic heterocycles. The normalized spacial score (nSPS) is 24.5. The van der Waals surface area contributed by atoms with Gasteiger partial charge in [-0.15, -0.1) is 0 Å². The molecule has 0 bridgehead atoms. The standard InChI is InChI=1S/C19H23N3O2/c23-18-7-9-19(8-1-14-24-19)10-13-21(18)15-16-3-5-17(6-4-16)22-12-2-11-20-22/h2-6,11-12H,1,7-10,13-15H2/t19-/m0/s1. The summed E-state index contributed by atoms with van der Waals surface area (Å²) in [5, 5.41) is 4.24. The first kappa shape index (κ1) is 15.4. The van der Waals surface area contributed by atoms with E-state index in [9.17, 15) is 4.79 Å². The summed E-state index contributed by atoms with van der Waals surface area (Å²) in [7, 11) is 0. The fourth-order valence-electron chi connectivity index (χ4n) is 3.79. The number of likely N-dealkylation sites (tertiary alicyclic amines) is 1. The number of hydrogen-bond donors (Lipinski definition) is 0. The zero-order chi connectivity index (χ0) is 16.4. The van der Waals surface area contributed by atoms with Gasteiger partial charge in [-0.3, -0.25) is 4.79 Å². The van der Waals surface area contributed by atoms with Crippen LogP contribution < -0.4 is 0 Å². The van der Waals surface area contributed by atoms with Gasteiger partial charge in [0.05, 0.1) is 11.3 Å². The molecule has 1 aromatic heterocycles. The zero-order valence-corrected chi connectivity index (χ0v) is 13.9. The van der Waals surface area contributed by atoms with Crippen LogP contribution in [-0.4, -0.2) is 39.3 Å². The predicted octanol–water partition coefficient (Wildman–Crippen LogP) is 2.93. The molecule has 1 aromatic carbocycles. The van der Waals surface area contributed by atoms with Gasteiger partial charge in [-0.1, -0.05) is 12.1 Å².